The number of piperidine rings is 1. The number of aromatic nitrogens is 5. The minimum absolute atomic E-state index is 0. The van der Waals surface area contributed by atoms with E-state index in [4.69, 9.17) is 9.47 Å². The van der Waals surface area contributed by atoms with Gasteiger partial charge in [-0.05, 0) is 235 Å². The third-order valence-corrected chi connectivity index (χ3v) is 19.6. The fourth-order valence-electron chi connectivity index (χ4n) is 12.5. The molecule has 1 saturated heterocycles. The van der Waals surface area contributed by atoms with E-state index in [0.717, 1.165) is 135 Å². The van der Waals surface area contributed by atoms with E-state index in [9.17, 15) is 55.2 Å². The van der Waals surface area contributed by atoms with E-state index >= 15 is 0 Å². The molecule has 6 N–H and O–H groups in total. The van der Waals surface area contributed by atoms with Crippen LogP contribution in [0.15, 0.2) is 88.8 Å². The van der Waals surface area contributed by atoms with Crippen LogP contribution >= 0.6 is 15.9 Å². The Hall–Kier alpha value is -8.17. The van der Waals surface area contributed by atoms with Gasteiger partial charge in [-0.3, -0.25) is 33.9 Å². The Morgan fingerprint density at radius 2 is 0.963 bits per heavy atom. The van der Waals surface area contributed by atoms with Crippen molar-refractivity contribution < 1.29 is 99.8 Å². The van der Waals surface area contributed by atoms with Crippen molar-refractivity contribution in [3.05, 3.63) is 134 Å². The van der Waals surface area contributed by atoms with Crippen LogP contribution in [0.1, 0.15) is 197 Å². The van der Waals surface area contributed by atoms with Gasteiger partial charge in [0.15, 0.2) is 0 Å². The fraction of sp³-hybridized carbons (Fsp3) is 0.513. The molecule has 9 aliphatic heterocycles. The quantitative estimate of drug-likeness (QED) is 0.0541. The molecule has 3 radical (unpaired) electrons. The van der Waals surface area contributed by atoms with Crippen molar-refractivity contribution >= 4 is 117 Å². The van der Waals surface area contributed by atoms with Crippen LogP contribution in [0.5, 0.6) is 0 Å². The molecule has 14 rings (SSSR count). The van der Waals surface area contributed by atoms with Crippen LogP contribution in [-0.4, -0.2) is 142 Å². The second kappa shape index (κ2) is 38.7. The maximum absolute atomic E-state index is 12.7. The van der Waals surface area contributed by atoms with Crippen LogP contribution in [0.3, 0.4) is 0 Å². The summed E-state index contributed by atoms with van der Waals surface area (Å²) in [6, 6.07) is 10.8. The predicted octanol–water partition coefficient (Wildman–Crippen LogP) is 10.5. The molecule has 5 aromatic heterocycles. The van der Waals surface area contributed by atoms with Crippen LogP contribution in [0.4, 0.5) is 51.8 Å². The van der Waals surface area contributed by atoms with Crippen LogP contribution in [0.2, 0.25) is 0 Å². The molecule has 0 aromatic carbocycles. The number of anilines is 5. The molecule has 0 saturated carbocycles. The molecular weight excluding hydrogens is 1500 g/mol. The first-order valence-corrected chi connectivity index (χ1v) is 38.4. The van der Waals surface area contributed by atoms with E-state index in [1.807, 2.05) is 52.2 Å². The Morgan fingerprint density at radius 1 is 0.532 bits per heavy atom. The van der Waals surface area contributed by atoms with Gasteiger partial charge in [0, 0.05) is 118 Å². The number of ether oxygens (including phenoxy) is 2. The molecule has 0 bridgehead atoms. The number of nitrogens with one attached hydrogen (secondary N) is 6. The molecule has 581 valence electrons. The van der Waals surface area contributed by atoms with Gasteiger partial charge in [-0.2, -0.15) is 21.6 Å². The number of aryl methyl sites for hydroxylation is 6. The maximum atomic E-state index is 12.7. The summed E-state index contributed by atoms with van der Waals surface area (Å²) in [5, 5.41) is 17.4. The number of rotatable bonds is 5. The number of alkyl halides is 3. The topological polar surface area (TPSA) is 337 Å². The number of carbonyl (C=O) groups is 7. The smallest absolute Gasteiger partial charge is 1.00 e. The van der Waals surface area contributed by atoms with Crippen molar-refractivity contribution in [2.24, 2.45) is 28.7 Å². The molecule has 5 aromatic rings. The van der Waals surface area contributed by atoms with Gasteiger partial charge >= 0.3 is 57.4 Å². The SMILES string of the molecule is CC1CC=C(OS(=O)(=O)C(F)(F)F)N(C(=O)OC(C)(C)C)C1.CC1CC=C(c2cnc3c(c2)CCC(=O)N3)N(C(=O)OC(C)(C)C)C1.CC1CCC(c2cnc3c(c2)CCC(=O)N3)=NC1.CC1CCC(c2cnc3c(c2)CCC(=O)N3)NC1.Cc1cnc2c(c1)CCC(=O)N2.O=C1CCc2cc(Br)cnc2N1.[B].[H-].[Na+]. The zero-order valence-corrected chi connectivity index (χ0v) is 68.3. The average molecular weight is 1600 g/mol. The Bertz CT molecular complexity index is 4320. The van der Waals surface area contributed by atoms with E-state index in [-0.39, 0.29) is 93.9 Å². The normalized spacial score (nSPS) is 20.5. The summed E-state index contributed by atoms with van der Waals surface area (Å²) < 4.78 is 75.0. The van der Waals surface area contributed by atoms with Gasteiger partial charge in [0.2, 0.25) is 35.4 Å². The predicted molar refractivity (Wildman–Crippen MR) is 410 cm³/mol. The number of amides is 7. The van der Waals surface area contributed by atoms with Crippen molar-refractivity contribution in [1.29, 1.82) is 0 Å². The van der Waals surface area contributed by atoms with E-state index in [2.05, 4.69) is 127 Å². The average Bonchev–Trinajstić information content (AvgIpc) is 0.806. The third kappa shape index (κ3) is 26.0. The van der Waals surface area contributed by atoms with Gasteiger partial charge in [-0.1, -0.05) is 39.8 Å². The first-order chi connectivity index (χ1) is 50.4. The van der Waals surface area contributed by atoms with Crippen molar-refractivity contribution in [2.75, 3.05) is 52.8 Å². The Balaban J connectivity index is 0.000000208. The Labute approximate surface area is 669 Å². The number of fused-ring (bicyclic) bond motifs is 5. The molecule has 0 spiro atoms. The standard InChI is InChI=1S/C19H25N3O3.C14H19N3O.C14H17N3O.C12H18F3NO5S.C9H10N2O.C8H7BrN2O.B.Na.H/c1-12-5-7-15(22(11-12)18(24)25-19(2,3)4)14-9-13-6-8-16(23)21-17(13)20-10-14;2*1-9-2-4-12(15-7-9)11-6-10-3-5-13(18)17-14(10)16-8-11;1-8-5-6-9(21-22(18,19)12(13,14)15)16(7-8)10(17)20-11(2,3)4;1-6-4-7-2-3-8(12)11-9(7)10-5-6;9-6-3-5-1-2-7(12)11-8(5)10-4-6;;;/h7,9-10,12H,5-6,8,11H2,1-4H3,(H,20,21,23);6,8-9,12,15H,2-5,7H2,1H3,(H,16,17,18);6,8-9H,2-5,7H2,1H3,(H,16,17,18);6,8H,5,7H2,1-4H3;4-5H,2-3H2,1H3,(H,10,11,12);3-4H,1-2H2,(H,10,11,12);;;/q;;;;;;;+1;-1. The van der Waals surface area contributed by atoms with Crippen molar-refractivity contribution in [3.63, 3.8) is 0 Å². The summed E-state index contributed by atoms with van der Waals surface area (Å²) in [7, 11) is -5.84. The molecule has 7 amide bonds. The number of hydrogen-bond donors (Lipinski definition) is 6. The summed E-state index contributed by atoms with van der Waals surface area (Å²) in [6.07, 6.45) is 23.3. The molecule has 0 aliphatic carbocycles. The molecule has 5 unspecified atom stereocenters. The van der Waals surface area contributed by atoms with Crippen molar-refractivity contribution in [3.8, 4) is 0 Å². The summed E-state index contributed by atoms with van der Waals surface area (Å²) in [6.45, 7) is 23.3. The summed E-state index contributed by atoms with van der Waals surface area (Å²) in [5.41, 5.74) is 4.97. The second-order valence-corrected chi connectivity index (χ2v) is 32.7. The second-order valence-electron chi connectivity index (χ2n) is 30.2. The molecule has 5 atom stereocenters. The van der Waals surface area contributed by atoms with E-state index in [1.54, 1.807) is 51.2 Å². The molecular formula is C76H97BBrF3N14NaO12S. The summed E-state index contributed by atoms with van der Waals surface area (Å²) >= 11 is 3.33. The Morgan fingerprint density at radius 3 is 1.44 bits per heavy atom. The molecule has 26 nitrogen and oxygen atoms in total. The summed E-state index contributed by atoms with van der Waals surface area (Å²) in [5.74, 6) is 4.85. The first kappa shape index (κ1) is 88.1. The third-order valence-electron chi connectivity index (χ3n) is 18.2. The number of halogens is 4. The number of aliphatic imine (C=N–C) groups is 1. The Kier molecular flexibility index (Phi) is 31.2. The number of carbonyl (C=O) groups excluding carboxylic acids is 7. The van der Waals surface area contributed by atoms with Gasteiger partial charge in [-0.25, -0.2) is 39.4 Å². The first-order valence-electron chi connectivity index (χ1n) is 36.2. The summed E-state index contributed by atoms with van der Waals surface area (Å²) in [4.78, 5) is 109. The van der Waals surface area contributed by atoms with E-state index < -0.39 is 38.8 Å². The number of allylic oxidation sites excluding steroid dienone is 2. The largest absolute Gasteiger partial charge is 1.00 e. The minimum atomic E-state index is -5.84. The van der Waals surface area contributed by atoms with Crippen molar-refractivity contribution in [2.45, 2.75) is 202 Å². The zero-order chi connectivity index (χ0) is 77.7. The van der Waals surface area contributed by atoms with Crippen LogP contribution in [-0.2, 0) is 79.9 Å². The number of pyridine rings is 5. The maximum Gasteiger partial charge on any atom is 1.00 e. The van der Waals surface area contributed by atoms with Crippen LogP contribution in [0, 0.1) is 30.6 Å². The zero-order valence-electron chi connectivity index (χ0n) is 64.9. The van der Waals surface area contributed by atoms with E-state index in [0.29, 0.717) is 74.6 Å². The number of nitrogens with zero attached hydrogens (tertiary/aromatic N) is 8. The van der Waals surface area contributed by atoms with Gasteiger partial charge in [-0.15, -0.1) is 0 Å². The van der Waals surface area contributed by atoms with Gasteiger partial charge < -0.3 is 47.0 Å². The van der Waals surface area contributed by atoms with Gasteiger partial charge in [0.05, 0.1) is 5.70 Å². The monoisotopic (exact) mass is 1600 g/mol. The van der Waals surface area contributed by atoms with Gasteiger partial charge in [0.25, 0.3) is 0 Å². The fourth-order valence-corrected chi connectivity index (χ4v) is 13.4. The molecule has 14 heterocycles. The van der Waals surface area contributed by atoms with Crippen LogP contribution in [0.25, 0.3) is 5.70 Å². The minimum Gasteiger partial charge on any atom is -1.00 e. The van der Waals surface area contributed by atoms with Crippen LogP contribution < -0.4 is 61.5 Å². The van der Waals surface area contributed by atoms with Gasteiger partial charge in [0.1, 0.15) is 40.3 Å². The number of hydrogen-bond acceptors (Lipinski definition) is 19. The molecule has 109 heavy (non-hydrogen) atoms. The molecule has 33 heteroatoms. The van der Waals surface area contributed by atoms with Crippen molar-refractivity contribution in [1.82, 2.24) is 40.0 Å². The molecule has 9 aliphatic rings. The van der Waals surface area contributed by atoms with E-state index in [1.165, 1.54) is 36.1 Å². The molecule has 1 fully saturated rings.